The third kappa shape index (κ3) is 7.32. The molecular formula is C12H15O5. The zero-order valence-electron chi connectivity index (χ0n) is 9.43. The second-order valence-electron chi connectivity index (χ2n) is 3.14. The Labute approximate surface area is 99.9 Å². The molecule has 17 heavy (non-hydrogen) atoms. The van der Waals surface area contributed by atoms with Gasteiger partial charge in [-0.3, -0.25) is 0 Å². The SMILES string of the molecule is O=C(O)COCCOCCOc1cc[c]cc1. The molecule has 1 aromatic carbocycles. The van der Waals surface area contributed by atoms with Gasteiger partial charge in [-0.25, -0.2) is 4.79 Å². The van der Waals surface area contributed by atoms with Gasteiger partial charge in [0.2, 0.25) is 0 Å². The number of ether oxygens (including phenoxy) is 3. The van der Waals surface area contributed by atoms with E-state index in [0.29, 0.717) is 19.8 Å². The summed E-state index contributed by atoms with van der Waals surface area (Å²) in [5.41, 5.74) is 0. The highest BCUT2D eigenvalue weighted by atomic mass is 16.5. The maximum absolute atomic E-state index is 10.1. The van der Waals surface area contributed by atoms with Crippen molar-refractivity contribution in [2.24, 2.45) is 0 Å². The van der Waals surface area contributed by atoms with Crippen molar-refractivity contribution in [3.63, 3.8) is 0 Å². The fraction of sp³-hybridized carbons (Fsp3) is 0.417. The van der Waals surface area contributed by atoms with Gasteiger partial charge in [0, 0.05) is 0 Å². The quantitative estimate of drug-likeness (QED) is 0.651. The van der Waals surface area contributed by atoms with Crippen LogP contribution < -0.4 is 4.74 Å². The Morgan fingerprint density at radius 3 is 2.47 bits per heavy atom. The molecule has 0 amide bonds. The highest BCUT2D eigenvalue weighted by Gasteiger charge is 1.96. The molecule has 93 valence electrons. The third-order valence-corrected chi connectivity index (χ3v) is 1.78. The summed E-state index contributed by atoms with van der Waals surface area (Å²) < 4.78 is 15.3. The number of carbonyl (C=O) groups is 1. The van der Waals surface area contributed by atoms with Crippen LogP contribution in [-0.4, -0.2) is 44.1 Å². The van der Waals surface area contributed by atoms with Crippen LogP contribution in [0.15, 0.2) is 24.3 Å². The number of hydrogen-bond donors (Lipinski definition) is 1. The average Bonchev–Trinajstić information content (AvgIpc) is 2.33. The van der Waals surface area contributed by atoms with Crippen molar-refractivity contribution in [3.05, 3.63) is 30.3 Å². The van der Waals surface area contributed by atoms with Crippen molar-refractivity contribution in [1.82, 2.24) is 0 Å². The minimum atomic E-state index is -0.978. The van der Waals surface area contributed by atoms with E-state index < -0.39 is 5.97 Å². The molecular weight excluding hydrogens is 224 g/mol. The van der Waals surface area contributed by atoms with Gasteiger partial charge in [0.05, 0.1) is 19.8 Å². The topological polar surface area (TPSA) is 65.0 Å². The van der Waals surface area contributed by atoms with Crippen LogP contribution in [0.3, 0.4) is 0 Å². The van der Waals surface area contributed by atoms with Crippen LogP contribution in [0.4, 0.5) is 0 Å². The Bertz CT molecular complexity index is 312. The van der Waals surface area contributed by atoms with Crippen LogP contribution >= 0.6 is 0 Å². The van der Waals surface area contributed by atoms with E-state index in [1.54, 1.807) is 12.1 Å². The number of rotatable bonds is 9. The van der Waals surface area contributed by atoms with E-state index in [1.807, 2.05) is 12.1 Å². The fourth-order valence-corrected chi connectivity index (χ4v) is 1.07. The Morgan fingerprint density at radius 1 is 1.12 bits per heavy atom. The van der Waals surface area contributed by atoms with Gasteiger partial charge in [-0.1, -0.05) is 12.1 Å². The van der Waals surface area contributed by atoms with Crippen molar-refractivity contribution in [3.8, 4) is 5.75 Å². The van der Waals surface area contributed by atoms with Crippen LogP contribution in [0, 0.1) is 6.07 Å². The number of carboxylic acids is 1. The van der Waals surface area contributed by atoms with Gasteiger partial charge in [0.25, 0.3) is 0 Å². The molecule has 0 bridgehead atoms. The first kappa shape index (κ1) is 13.5. The lowest BCUT2D eigenvalue weighted by Crippen LogP contribution is -2.13. The summed E-state index contributed by atoms with van der Waals surface area (Å²) in [7, 11) is 0. The molecule has 0 fully saturated rings. The second kappa shape index (κ2) is 8.55. The number of benzene rings is 1. The summed E-state index contributed by atoms with van der Waals surface area (Å²) in [5, 5.41) is 8.29. The van der Waals surface area contributed by atoms with Gasteiger partial charge in [-0.15, -0.1) is 0 Å². The molecule has 0 aliphatic heterocycles. The van der Waals surface area contributed by atoms with Gasteiger partial charge in [0.15, 0.2) is 0 Å². The molecule has 5 nitrogen and oxygen atoms in total. The molecule has 0 heterocycles. The van der Waals surface area contributed by atoms with E-state index >= 15 is 0 Å². The molecule has 1 radical (unpaired) electrons. The van der Waals surface area contributed by atoms with E-state index in [2.05, 4.69) is 6.07 Å². The van der Waals surface area contributed by atoms with E-state index in [0.717, 1.165) is 5.75 Å². The lowest BCUT2D eigenvalue weighted by molar-refractivity contribution is -0.142. The van der Waals surface area contributed by atoms with E-state index in [9.17, 15) is 4.79 Å². The molecule has 0 saturated heterocycles. The number of carboxylic acid groups (broad SMARTS) is 1. The molecule has 1 N–H and O–H groups in total. The smallest absolute Gasteiger partial charge is 0.329 e. The van der Waals surface area contributed by atoms with Crippen LogP contribution in [0.1, 0.15) is 0 Å². The standard InChI is InChI=1S/C12H15O5/c13-12(14)10-16-7-6-15-8-9-17-11-4-2-1-3-5-11/h2-5H,6-10H2,(H,13,14). The second-order valence-corrected chi connectivity index (χ2v) is 3.14. The molecule has 0 aliphatic carbocycles. The maximum atomic E-state index is 10.1. The van der Waals surface area contributed by atoms with Gasteiger partial charge in [-0.2, -0.15) is 0 Å². The predicted octanol–water partition coefficient (Wildman–Crippen LogP) is 0.983. The molecule has 1 aromatic rings. The first-order chi connectivity index (χ1) is 8.29. The molecule has 0 saturated carbocycles. The maximum Gasteiger partial charge on any atom is 0.329 e. The highest BCUT2D eigenvalue weighted by molar-refractivity contribution is 5.67. The number of aliphatic carboxylic acids is 1. The van der Waals surface area contributed by atoms with Crippen LogP contribution in [-0.2, 0) is 14.3 Å². The van der Waals surface area contributed by atoms with Crippen LogP contribution in [0.5, 0.6) is 5.75 Å². The van der Waals surface area contributed by atoms with Crippen LogP contribution in [0.2, 0.25) is 0 Å². The zero-order valence-corrected chi connectivity index (χ0v) is 9.43. The first-order valence-corrected chi connectivity index (χ1v) is 5.25. The summed E-state index contributed by atoms with van der Waals surface area (Å²) in [4.78, 5) is 10.1. The minimum Gasteiger partial charge on any atom is -0.491 e. The Hall–Kier alpha value is -1.59. The molecule has 0 spiro atoms. The molecule has 1 rings (SSSR count). The average molecular weight is 239 g/mol. The molecule has 0 unspecified atom stereocenters. The van der Waals surface area contributed by atoms with Gasteiger partial charge in [0.1, 0.15) is 19.0 Å². The highest BCUT2D eigenvalue weighted by Crippen LogP contribution is 2.07. The Kier molecular flexibility index (Phi) is 6.78. The van der Waals surface area contributed by atoms with Gasteiger partial charge >= 0.3 is 5.97 Å². The summed E-state index contributed by atoms with van der Waals surface area (Å²) in [5.74, 6) is -0.205. The van der Waals surface area contributed by atoms with E-state index in [4.69, 9.17) is 19.3 Å². The normalized spacial score (nSPS) is 10.1. The first-order valence-electron chi connectivity index (χ1n) is 5.25. The van der Waals surface area contributed by atoms with E-state index in [-0.39, 0.29) is 13.2 Å². The predicted molar refractivity (Wildman–Crippen MR) is 60.0 cm³/mol. The Balaban J connectivity index is 1.90. The molecule has 0 aliphatic rings. The Morgan fingerprint density at radius 2 is 1.76 bits per heavy atom. The zero-order chi connectivity index (χ0) is 12.3. The number of hydrogen-bond acceptors (Lipinski definition) is 4. The van der Waals surface area contributed by atoms with Gasteiger partial charge in [-0.05, 0) is 18.2 Å². The minimum absolute atomic E-state index is 0.270. The molecule has 0 aromatic heterocycles. The summed E-state index contributed by atoms with van der Waals surface area (Å²) in [6.45, 7) is 1.23. The van der Waals surface area contributed by atoms with E-state index in [1.165, 1.54) is 0 Å². The lowest BCUT2D eigenvalue weighted by Gasteiger charge is -2.06. The van der Waals surface area contributed by atoms with Gasteiger partial charge < -0.3 is 19.3 Å². The summed E-state index contributed by atoms with van der Waals surface area (Å²) in [6.07, 6.45) is 0. The monoisotopic (exact) mass is 239 g/mol. The van der Waals surface area contributed by atoms with Crippen molar-refractivity contribution < 1.29 is 24.1 Å². The largest absolute Gasteiger partial charge is 0.491 e. The molecule has 0 atom stereocenters. The van der Waals surface area contributed by atoms with Crippen molar-refractivity contribution >= 4 is 5.97 Å². The molecule has 5 heteroatoms. The van der Waals surface area contributed by atoms with Crippen molar-refractivity contribution in [2.45, 2.75) is 0 Å². The van der Waals surface area contributed by atoms with Crippen LogP contribution in [0.25, 0.3) is 0 Å². The van der Waals surface area contributed by atoms with Crippen molar-refractivity contribution in [2.75, 3.05) is 33.0 Å². The summed E-state index contributed by atoms with van der Waals surface area (Å²) in [6, 6.07) is 10.1. The summed E-state index contributed by atoms with van der Waals surface area (Å²) >= 11 is 0. The third-order valence-electron chi connectivity index (χ3n) is 1.78. The lowest BCUT2D eigenvalue weighted by atomic mass is 10.3. The van der Waals surface area contributed by atoms with Crippen molar-refractivity contribution in [1.29, 1.82) is 0 Å². The fourth-order valence-electron chi connectivity index (χ4n) is 1.07.